The molecule has 0 aromatic carbocycles. The Kier molecular flexibility index (Phi) is 9.48. The summed E-state index contributed by atoms with van der Waals surface area (Å²) in [6, 6.07) is 0. The molecule has 0 aliphatic carbocycles. The van der Waals surface area contributed by atoms with Gasteiger partial charge in [-0.2, -0.15) is 8.42 Å². The van der Waals surface area contributed by atoms with Crippen LogP contribution in [0.2, 0.25) is 0 Å². The zero-order valence-electron chi connectivity index (χ0n) is 11.1. The first-order chi connectivity index (χ1) is 8.79. The van der Waals surface area contributed by atoms with Crippen molar-refractivity contribution >= 4 is 16.4 Å². The molecule has 0 aromatic rings. The molecule has 1 fully saturated rings. The minimum Gasteiger partial charge on any atom is -0.300 e. The average molecular weight is 297 g/mol. The summed E-state index contributed by atoms with van der Waals surface area (Å²) in [5.74, 6) is 0.331. The van der Waals surface area contributed by atoms with Crippen molar-refractivity contribution in [3.8, 4) is 0 Å². The third-order valence-electron chi connectivity index (χ3n) is 2.71. The lowest BCUT2D eigenvalue weighted by molar-refractivity contribution is -0.459. The van der Waals surface area contributed by atoms with Gasteiger partial charge in [0.1, 0.15) is 0 Å². The van der Waals surface area contributed by atoms with Crippen LogP contribution in [0.25, 0.3) is 0 Å². The monoisotopic (exact) mass is 297 g/mol. The number of hydrogen-bond acceptors (Lipinski definition) is 3. The van der Waals surface area contributed by atoms with Crippen molar-refractivity contribution in [2.24, 2.45) is 11.5 Å². The molecule has 1 rings (SSSR count). The summed E-state index contributed by atoms with van der Waals surface area (Å²) < 4.78 is 31.6. The molecule has 9 heteroatoms. The molecular weight excluding hydrogens is 272 g/mol. The molecule has 8 nitrogen and oxygen atoms in total. The van der Waals surface area contributed by atoms with Crippen molar-refractivity contribution in [3.63, 3.8) is 0 Å². The van der Waals surface area contributed by atoms with Gasteiger partial charge in [-0.15, -0.1) is 0 Å². The largest absolute Gasteiger partial charge is 0.394 e. The fourth-order valence-corrected chi connectivity index (χ4v) is 1.89. The Bertz CT molecular complexity index is 339. The second-order valence-corrected chi connectivity index (χ2v) is 5.34. The molecule has 0 atom stereocenters. The predicted octanol–water partition coefficient (Wildman–Crippen LogP) is -2.05. The summed E-state index contributed by atoms with van der Waals surface area (Å²) >= 11 is 0. The highest BCUT2D eigenvalue weighted by molar-refractivity contribution is 7.79. The van der Waals surface area contributed by atoms with Gasteiger partial charge >= 0.3 is 16.4 Å². The first-order valence-corrected chi connectivity index (χ1v) is 7.73. The zero-order valence-corrected chi connectivity index (χ0v) is 11.9. The van der Waals surface area contributed by atoms with E-state index in [-0.39, 0.29) is 0 Å². The zero-order chi connectivity index (χ0) is 14.7. The standard InChI is InChI=1S/C10H22N4.H2O4S/c11-10(12)13-6-9-14-7-4-2-1-3-5-8-14;1-5(2,3)4/h1-9H2,(H4,11,12,13);(H2,1,2,3,4)/p+1. The van der Waals surface area contributed by atoms with E-state index in [0.717, 1.165) is 13.1 Å². The van der Waals surface area contributed by atoms with Crippen LogP contribution in [0.1, 0.15) is 32.1 Å². The Hall–Kier alpha value is -0.900. The quantitative estimate of drug-likeness (QED) is 0.229. The van der Waals surface area contributed by atoms with Gasteiger partial charge in [-0.1, -0.05) is 19.3 Å². The van der Waals surface area contributed by atoms with Crippen LogP contribution < -0.4 is 16.5 Å². The highest BCUT2D eigenvalue weighted by Crippen LogP contribution is 2.09. The van der Waals surface area contributed by atoms with Crippen molar-refractivity contribution in [1.82, 2.24) is 4.90 Å². The van der Waals surface area contributed by atoms with Gasteiger partial charge in [0.15, 0.2) is 0 Å². The van der Waals surface area contributed by atoms with Gasteiger partial charge in [0.25, 0.3) is 0 Å². The summed E-state index contributed by atoms with van der Waals surface area (Å²) in [7, 11) is -4.67. The summed E-state index contributed by atoms with van der Waals surface area (Å²) in [5, 5.41) is 0. The molecule has 19 heavy (non-hydrogen) atoms. The highest BCUT2D eigenvalue weighted by Gasteiger charge is 2.07. The van der Waals surface area contributed by atoms with Crippen LogP contribution in [0.3, 0.4) is 0 Å². The van der Waals surface area contributed by atoms with E-state index in [1.807, 2.05) is 0 Å². The van der Waals surface area contributed by atoms with Crippen molar-refractivity contribution in [2.45, 2.75) is 32.1 Å². The second kappa shape index (κ2) is 9.96. The number of hydrogen-bond donors (Lipinski definition) is 5. The maximum Gasteiger partial charge on any atom is 0.394 e. The molecule has 1 saturated heterocycles. The maximum absolute atomic E-state index is 8.74. The van der Waals surface area contributed by atoms with Gasteiger partial charge in [-0.05, 0) is 25.9 Å². The van der Waals surface area contributed by atoms with E-state index >= 15 is 0 Å². The molecule has 0 aromatic heterocycles. The molecule has 7 N–H and O–H groups in total. The van der Waals surface area contributed by atoms with Gasteiger partial charge in [0.05, 0.1) is 6.54 Å². The minimum atomic E-state index is -4.67. The third-order valence-corrected chi connectivity index (χ3v) is 2.71. The first kappa shape index (κ1) is 18.1. The molecule has 0 radical (unpaired) electrons. The lowest BCUT2D eigenvalue weighted by atomic mass is 10.1. The van der Waals surface area contributed by atoms with Crippen molar-refractivity contribution in [3.05, 3.63) is 0 Å². The Morgan fingerprint density at radius 3 is 1.89 bits per heavy atom. The van der Waals surface area contributed by atoms with E-state index in [1.54, 1.807) is 0 Å². The predicted molar refractivity (Wildman–Crippen MR) is 72.9 cm³/mol. The highest BCUT2D eigenvalue weighted by atomic mass is 32.3. The fourth-order valence-electron chi connectivity index (χ4n) is 1.89. The van der Waals surface area contributed by atoms with Crippen molar-refractivity contribution < 1.29 is 22.5 Å². The van der Waals surface area contributed by atoms with Crippen molar-refractivity contribution in [2.75, 3.05) is 26.2 Å². The van der Waals surface area contributed by atoms with E-state index in [9.17, 15) is 0 Å². The van der Waals surface area contributed by atoms with Crippen molar-refractivity contribution in [1.29, 1.82) is 0 Å². The molecule has 114 valence electrons. The van der Waals surface area contributed by atoms with E-state index in [0.29, 0.717) is 5.96 Å². The topological polar surface area (TPSA) is 144 Å². The number of likely N-dealkylation sites (tertiary alicyclic amines) is 1. The Morgan fingerprint density at radius 2 is 1.47 bits per heavy atom. The third kappa shape index (κ3) is 17.1. The van der Waals surface area contributed by atoms with E-state index in [1.165, 1.54) is 45.2 Å². The minimum absolute atomic E-state index is 0.331. The number of nitrogens with two attached hydrogens (primary N) is 2. The normalized spacial score (nSPS) is 17.6. The van der Waals surface area contributed by atoms with Crippen LogP contribution in [-0.2, 0) is 10.4 Å². The Balaban J connectivity index is 0.000000555. The second-order valence-electron chi connectivity index (χ2n) is 4.44. The number of nitrogens with one attached hydrogen (secondary N) is 1. The van der Waals surface area contributed by atoms with E-state index in [2.05, 4.69) is 9.89 Å². The van der Waals surface area contributed by atoms with Gasteiger partial charge in [-0.25, -0.2) is 0 Å². The maximum atomic E-state index is 8.74. The Labute approximate surface area is 114 Å². The number of nitrogens with zero attached hydrogens (tertiary/aromatic N) is 1. The van der Waals surface area contributed by atoms with Crippen LogP contribution in [-0.4, -0.2) is 54.6 Å². The lowest BCUT2D eigenvalue weighted by Crippen LogP contribution is -2.79. The SMILES string of the molecule is NC(N)=[NH+]CCN1CCCCCCC1.O=S(=O)(O)O. The molecule has 0 amide bonds. The summed E-state index contributed by atoms with van der Waals surface area (Å²) in [6.07, 6.45) is 6.85. The Morgan fingerprint density at radius 1 is 1.05 bits per heavy atom. The van der Waals surface area contributed by atoms with Crippen LogP contribution >= 0.6 is 0 Å². The van der Waals surface area contributed by atoms with Crippen LogP contribution in [0.5, 0.6) is 0 Å². The molecule has 0 spiro atoms. The summed E-state index contributed by atoms with van der Waals surface area (Å²) in [5.41, 5.74) is 10.7. The van der Waals surface area contributed by atoms with E-state index in [4.69, 9.17) is 29.0 Å². The van der Waals surface area contributed by atoms with Crippen LogP contribution in [0.4, 0.5) is 0 Å². The van der Waals surface area contributed by atoms with Gasteiger partial charge < -0.3 is 4.90 Å². The summed E-state index contributed by atoms with van der Waals surface area (Å²) in [6.45, 7) is 4.37. The smallest absolute Gasteiger partial charge is 0.300 e. The van der Waals surface area contributed by atoms with Gasteiger partial charge in [-0.3, -0.25) is 25.6 Å². The molecule has 1 heterocycles. The van der Waals surface area contributed by atoms with Gasteiger partial charge in [0, 0.05) is 6.54 Å². The first-order valence-electron chi connectivity index (χ1n) is 6.33. The number of rotatable bonds is 3. The van der Waals surface area contributed by atoms with E-state index < -0.39 is 10.4 Å². The summed E-state index contributed by atoms with van der Waals surface area (Å²) in [4.78, 5) is 5.45. The average Bonchev–Trinajstić information content (AvgIpc) is 2.17. The molecule has 0 saturated carbocycles. The molecule has 0 bridgehead atoms. The molecule has 1 aliphatic heterocycles. The molecule has 1 aliphatic rings. The molecule has 0 unspecified atom stereocenters. The van der Waals surface area contributed by atoms with Crippen LogP contribution in [0.15, 0.2) is 0 Å². The lowest BCUT2D eigenvalue weighted by Gasteiger charge is -2.23. The fraction of sp³-hybridized carbons (Fsp3) is 0.900. The molecular formula is C10H25N4O4S+. The van der Waals surface area contributed by atoms with Gasteiger partial charge in [0.2, 0.25) is 0 Å². The number of guanidine groups is 1. The van der Waals surface area contributed by atoms with Crippen LogP contribution in [0, 0.1) is 0 Å².